The third-order valence-corrected chi connectivity index (χ3v) is 3.16. The predicted molar refractivity (Wildman–Crippen MR) is 73.4 cm³/mol. The van der Waals surface area contributed by atoms with E-state index in [-0.39, 0.29) is 5.41 Å². The van der Waals surface area contributed by atoms with Gasteiger partial charge in [-0.2, -0.15) is 0 Å². The summed E-state index contributed by atoms with van der Waals surface area (Å²) >= 11 is 0. The van der Waals surface area contributed by atoms with Gasteiger partial charge >= 0.3 is 0 Å². The maximum Gasteiger partial charge on any atom is 0.127 e. The lowest BCUT2D eigenvalue weighted by Gasteiger charge is -2.32. The fraction of sp³-hybridized carbons (Fsp3) is 0.533. The van der Waals surface area contributed by atoms with E-state index in [4.69, 9.17) is 0 Å². The van der Waals surface area contributed by atoms with Crippen molar-refractivity contribution in [2.45, 2.75) is 33.6 Å². The lowest BCUT2D eigenvalue weighted by Crippen LogP contribution is -2.37. The summed E-state index contributed by atoms with van der Waals surface area (Å²) in [6, 6.07) is 10.3. The van der Waals surface area contributed by atoms with Crippen LogP contribution >= 0.6 is 0 Å². The molecule has 1 aromatic rings. The molecule has 0 radical (unpaired) electrons. The Kier molecular flexibility index (Phi) is 5.20. The van der Waals surface area contributed by atoms with Gasteiger partial charge in [-0.05, 0) is 25.5 Å². The van der Waals surface area contributed by atoms with E-state index in [1.807, 2.05) is 18.2 Å². The molecule has 0 saturated carbocycles. The van der Waals surface area contributed by atoms with Crippen molar-refractivity contribution in [2.24, 2.45) is 5.41 Å². The second-order valence-electron chi connectivity index (χ2n) is 4.87. The quantitative estimate of drug-likeness (QED) is 0.672. The second-order valence-corrected chi connectivity index (χ2v) is 4.87. The van der Waals surface area contributed by atoms with Crippen LogP contribution in [-0.2, 0) is 4.79 Å². The van der Waals surface area contributed by atoms with Crippen LogP contribution in [0.1, 0.15) is 33.6 Å². The number of anilines is 1. The van der Waals surface area contributed by atoms with Gasteiger partial charge in [-0.3, -0.25) is 0 Å². The third kappa shape index (κ3) is 3.88. The number of benzene rings is 1. The lowest BCUT2D eigenvalue weighted by molar-refractivity contribution is -0.115. The number of aldehydes is 1. The van der Waals surface area contributed by atoms with E-state index in [1.165, 1.54) is 5.69 Å². The normalized spacial score (nSPS) is 14.1. The van der Waals surface area contributed by atoms with Crippen molar-refractivity contribution in [1.29, 1.82) is 0 Å². The first kappa shape index (κ1) is 13.8. The van der Waals surface area contributed by atoms with Crippen LogP contribution in [0.25, 0.3) is 0 Å². The lowest BCUT2D eigenvalue weighted by atomic mass is 9.86. The zero-order valence-electron chi connectivity index (χ0n) is 11.1. The Morgan fingerprint density at radius 3 is 2.35 bits per heavy atom. The largest absolute Gasteiger partial charge is 0.371 e. The number of rotatable bonds is 7. The molecule has 17 heavy (non-hydrogen) atoms. The van der Waals surface area contributed by atoms with Gasteiger partial charge in [0.15, 0.2) is 0 Å². The summed E-state index contributed by atoms with van der Waals surface area (Å²) in [5, 5.41) is 0. The molecule has 0 bridgehead atoms. The number of hydrogen-bond donors (Lipinski definition) is 0. The Morgan fingerprint density at radius 1 is 1.24 bits per heavy atom. The molecule has 0 aliphatic heterocycles. The fourth-order valence-electron chi connectivity index (χ4n) is 2.21. The van der Waals surface area contributed by atoms with Crippen molar-refractivity contribution < 1.29 is 4.79 Å². The number of para-hydroxylation sites is 1. The Hall–Kier alpha value is -1.31. The van der Waals surface area contributed by atoms with E-state index < -0.39 is 0 Å². The summed E-state index contributed by atoms with van der Waals surface area (Å²) in [6.45, 7) is 8.03. The van der Waals surface area contributed by atoms with E-state index >= 15 is 0 Å². The maximum atomic E-state index is 11.3. The standard InChI is InChI=1S/C15H23NO/c1-4-11-15(3,13-17)12-16(5-2)14-9-7-6-8-10-14/h6-10,13H,4-5,11-12H2,1-3H3. The van der Waals surface area contributed by atoms with Gasteiger partial charge in [0.25, 0.3) is 0 Å². The van der Waals surface area contributed by atoms with Gasteiger partial charge in [-0.25, -0.2) is 0 Å². The van der Waals surface area contributed by atoms with Crippen LogP contribution in [0.3, 0.4) is 0 Å². The molecule has 0 heterocycles. The molecular weight excluding hydrogens is 210 g/mol. The first-order valence-corrected chi connectivity index (χ1v) is 6.41. The molecule has 1 atom stereocenters. The van der Waals surface area contributed by atoms with Crippen LogP contribution in [0.4, 0.5) is 5.69 Å². The van der Waals surface area contributed by atoms with Gasteiger partial charge in [-0.15, -0.1) is 0 Å². The number of hydrogen-bond acceptors (Lipinski definition) is 2. The molecule has 2 heteroatoms. The van der Waals surface area contributed by atoms with Crippen LogP contribution < -0.4 is 4.90 Å². The predicted octanol–water partition coefficient (Wildman–Crippen LogP) is 3.52. The molecule has 0 saturated heterocycles. The van der Waals surface area contributed by atoms with Gasteiger partial charge in [0.1, 0.15) is 6.29 Å². The van der Waals surface area contributed by atoms with Gasteiger partial charge in [0.05, 0.1) is 0 Å². The highest BCUT2D eigenvalue weighted by atomic mass is 16.1. The first-order valence-electron chi connectivity index (χ1n) is 6.41. The first-order chi connectivity index (χ1) is 8.15. The van der Waals surface area contributed by atoms with E-state index in [9.17, 15) is 4.79 Å². The molecule has 0 aliphatic rings. The molecule has 0 aliphatic carbocycles. The van der Waals surface area contributed by atoms with E-state index in [0.717, 1.165) is 32.2 Å². The number of carbonyl (C=O) groups is 1. The van der Waals surface area contributed by atoms with Gasteiger partial charge in [0, 0.05) is 24.2 Å². The van der Waals surface area contributed by atoms with Crippen molar-refractivity contribution in [3.8, 4) is 0 Å². The second kappa shape index (κ2) is 6.43. The zero-order valence-corrected chi connectivity index (χ0v) is 11.1. The Bertz CT molecular complexity index is 336. The minimum atomic E-state index is -0.236. The SMILES string of the molecule is CCCC(C)(C=O)CN(CC)c1ccccc1. The molecule has 1 aromatic carbocycles. The third-order valence-electron chi connectivity index (χ3n) is 3.16. The zero-order chi connectivity index (χ0) is 12.7. The van der Waals surface area contributed by atoms with E-state index in [0.29, 0.717) is 0 Å². The van der Waals surface area contributed by atoms with Gasteiger partial charge in [0.2, 0.25) is 0 Å². The smallest absolute Gasteiger partial charge is 0.127 e. The Labute approximate surface area is 105 Å². The molecule has 1 unspecified atom stereocenters. The number of carbonyl (C=O) groups excluding carboxylic acids is 1. The van der Waals surface area contributed by atoms with Crippen LogP contribution in [0.5, 0.6) is 0 Å². The van der Waals surface area contributed by atoms with Crippen molar-refractivity contribution in [2.75, 3.05) is 18.0 Å². The average Bonchev–Trinajstić information content (AvgIpc) is 2.37. The molecular formula is C15H23NO. The minimum Gasteiger partial charge on any atom is -0.371 e. The van der Waals surface area contributed by atoms with Crippen molar-refractivity contribution in [3.63, 3.8) is 0 Å². The van der Waals surface area contributed by atoms with E-state index in [2.05, 4.69) is 37.8 Å². The molecule has 0 spiro atoms. The highest BCUT2D eigenvalue weighted by Gasteiger charge is 2.25. The minimum absolute atomic E-state index is 0.236. The molecule has 0 aromatic heterocycles. The molecule has 94 valence electrons. The van der Waals surface area contributed by atoms with Gasteiger partial charge in [-0.1, -0.05) is 38.5 Å². The number of nitrogens with zero attached hydrogens (tertiary/aromatic N) is 1. The molecule has 2 nitrogen and oxygen atoms in total. The topological polar surface area (TPSA) is 20.3 Å². The molecule has 0 fully saturated rings. The molecule has 0 amide bonds. The van der Waals surface area contributed by atoms with Crippen LogP contribution in [0.2, 0.25) is 0 Å². The van der Waals surface area contributed by atoms with Crippen molar-refractivity contribution in [3.05, 3.63) is 30.3 Å². The Morgan fingerprint density at radius 2 is 1.88 bits per heavy atom. The van der Waals surface area contributed by atoms with E-state index in [1.54, 1.807) is 0 Å². The van der Waals surface area contributed by atoms with Crippen molar-refractivity contribution >= 4 is 12.0 Å². The van der Waals surface area contributed by atoms with Crippen LogP contribution in [-0.4, -0.2) is 19.4 Å². The van der Waals surface area contributed by atoms with Gasteiger partial charge < -0.3 is 9.69 Å². The van der Waals surface area contributed by atoms with Crippen LogP contribution in [0, 0.1) is 5.41 Å². The molecule has 0 N–H and O–H groups in total. The summed E-state index contributed by atoms with van der Waals surface area (Å²) in [4.78, 5) is 13.5. The van der Waals surface area contributed by atoms with Crippen molar-refractivity contribution in [1.82, 2.24) is 0 Å². The summed E-state index contributed by atoms with van der Waals surface area (Å²) < 4.78 is 0. The summed E-state index contributed by atoms with van der Waals surface area (Å²) in [5.41, 5.74) is 0.958. The molecule has 1 rings (SSSR count). The van der Waals surface area contributed by atoms with Crippen LogP contribution in [0.15, 0.2) is 30.3 Å². The average molecular weight is 233 g/mol. The summed E-state index contributed by atoms with van der Waals surface area (Å²) in [5.74, 6) is 0. The summed E-state index contributed by atoms with van der Waals surface area (Å²) in [7, 11) is 0. The highest BCUT2D eigenvalue weighted by Crippen LogP contribution is 2.25. The summed E-state index contributed by atoms with van der Waals surface area (Å²) in [6.07, 6.45) is 3.10. The monoisotopic (exact) mass is 233 g/mol. The highest BCUT2D eigenvalue weighted by molar-refractivity contribution is 5.61. The fourth-order valence-corrected chi connectivity index (χ4v) is 2.21. The maximum absolute atomic E-state index is 11.3. The Balaban J connectivity index is 2.79.